The maximum atomic E-state index is 11.6. The van der Waals surface area contributed by atoms with Gasteiger partial charge in [0.15, 0.2) is 0 Å². The van der Waals surface area contributed by atoms with Crippen molar-refractivity contribution >= 4 is 5.91 Å². The molecule has 1 amide bonds. The van der Waals surface area contributed by atoms with E-state index in [1.54, 1.807) is 11.9 Å². The van der Waals surface area contributed by atoms with Gasteiger partial charge in [0.1, 0.15) is 0 Å². The number of rotatable bonds is 13. The molecule has 0 unspecified atom stereocenters. The number of amides is 1. The summed E-state index contributed by atoms with van der Waals surface area (Å²) in [6.45, 7) is 2.76. The fraction of sp³-hybridized carbons (Fsp3) is 0.938. The van der Waals surface area contributed by atoms with Gasteiger partial charge in [-0.25, -0.2) is 0 Å². The van der Waals surface area contributed by atoms with Gasteiger partial charge in [0.2, 0.25) is 5.91 Å². The molecule has 114 valence electrons. The molecule has 0 aromatic carbocycles. The predicted octanol–water partition coefficient (Wildman–Crippen LogP) is 3.75. The molecule has 0 atom stereocenters. The third-order valence-electron chi connectivity index (χ3n) is 3.61. The smallest absolute Gasteiger partial charge is 0.222 e. The van der Waals surface area contributed by atoms with E-state index >= 15 is 0 Å². The summed E-state index contributed by atoms with van der Waals surface area (Å²) in [5.41, 5.74) is 0. The summed E-state index contributed by atoms with van der Waals surface area (Å²) >= 11 is 0. The van der Waals surface area contributed by atoms with Crippen LogP contribution in [-0.4, -0.2) is 36.1 Å². The maximum Gasteiger partial charge on any atom is 0.222 e. The lowest BCUT2D eigenvalue weighted by Crippen LogP contribution is -2.29. The summed E-state index contributed by atoms with van der Waals surface area (Å²) in [4.78, 5) is 13.2. The highest BCUT2D eigenvalue weighted by atomic mass is 16.3. The van der Waals surface area contributed by atoms with Crippen LogP contribution in [0.5, 0.6) is 0 Å². The summed E-state index contributed by atoms with van der Waals surface area (Å²) in [5, 5.41) is 8.74. The largest absolute Gasteiger partial charge is 0.395 e. The first-order chi connectivity index (χ1) is 9.22. The number of aliphatic hydroxyl groups excluding tert-OH is 1. The second-order valence-corrected chi connectivity index (χ2v) is 5.47. The van der Waals surface area contributed by atoms with Gasteiger partial charge in [-0.1, -0.05) is 64.7 Å². The second kappa shape index (κ2) is 13.9. The molecule has 0 bridgehead atoms. The molecule has 0 spiro atoms. The molecule has 0 fully saturated rings. The Bertz CT molecular complexity index is 207. The fourth-order valence-corrected chi connectivity index (χ4v) is 2.23. The van der Waals surface area contributed by atoms with Gasteiger partial charge >= 0.3 is 0 Å². The van der Waals surface area contributed by atoms with E-state index < -0.39 is 0 Å². The molecule has 0 aliphatic heterocycles. The van der Waals surface area contributed by atoms with Gasteiger partial charge in [0, 0.05) is 20.0 Å². The molecule has 3 heteroatoms. The summed E-state index contributed by atoms with van der Waals surface area (Å²) < 4.78 is 0. The number of aliphatic hydroxyl groups is 1. The molecule has 0 aliphatic rings. The average molecular weight is 271 g/mol. The van der Waals surface area contributed by atoms with Crippen LogP contribution in [-0.2, 0) is 4.79 Å². The molecule has 1 N–H and O–H groups in total. The maximum absolute atomic E-state index is 11.6. The number of hydrogen-bond acceptors (Lipinski definition) is 2. The van der Waals surface area contributed by atoms with Crippen molar-refractivity contribution in [3.8, 4) is 0 Å². The molecule has 0 aromatic heterocycles. The molecule has 0 heterocycles. The Labute approximate surface area is 119 Å². The fourth-order valence-electron chi connectivity index (χ4n) is 2.23. The van der Waals surface area contributed by atoms with Crippen molar-refractivity contribution in [1.82, 2.24) is 4.90 Å². The summed E-state index contributed by atoms with van der Waals surface area (Å²) in [6, 6.07) is 0. The Morgan fingerprint density at radius 2 is 1.37 bits per heavy atom. The van der Waals surface area contributed by atoms with Crippen LogP contribution in [0, 0.1) is 0 Å². The Hall–Kier alpha value is -0.570. The topological polar surface area (TPSA) is 40.5 Å². The van der Waals surface area contributed by atoms with E-state index in [1.807, 2.05) is 0 Å². The Balaban J connectivity index is 3.20. The van der Waals surface area contributed by atoms with Gasteiger partial charge in [-0.2, -0.15) is 0 Å². The van der Waals surface area contributed by atoms with Crippen molar-refractivity contribution in [3.05, 3.63) is 0 Å². The molecule has 0 saturated heterocycles. The van der Waals surface area contributed by atoms with Crippen LogP contribution in [0.25, 0.3) is 0 Å². The average Bonchev–Trinajstić information content (AvgIpc) is 2.41. The number of carbonyl (C=O) groups is 1. The van der Waals surface area contributed by atoms with E-state index in [-0.39, 0.29) is 12.5 Å². The molecule has 0 saturated carbocycles. The molecule has 0 aliphatic carbocycles. The molecule has 19 heavy (non-hydrogen) atoms. The van der Waals surface area contributed by atoms with E-state index in [0.717, 1.165) is 12.8 Å². The van der Waals surface area contributed by atoms with Gasteiger partial charge in [0.05, 0.1) is 6.61 Å². The Kier molecular flexibility index (Phi) is 13.4. The first kappa shape index (κ1) is 18.4. The lowest BCUT2D eigenvalue weighted by atomic mass is 10.1. The van der Waals surface area contributed by atoms with Gasteiger partial charge < -0.3 is 10.0 Å². The molecular weight excluding hydrogens is 238 g/mol. The first-order valence-corrected chi connectivity index (χ1v) is 8.07. The zero-order valence-corrected chi connectivity index (χ0v) is 13.0. The molecule has 3 nitrogen and oxygen atoms in total. The van der Waals surface area contributed by atoms with Gasteiger partial charge in [-0.15, -0.1) is 0 Å². The first-order valence-electron chi connectivity index (χ1n) is 8.07. The molecule has 0 aromatic rings. The van der Waals surface area contributed by atoms with E-state index in [0.29, 0.717) is 13.0 Å². The van der Waals surface area contributed by atoms with Crippen molar-refractivity contribution in [1.29, 1.82) is 0 Å². The second-order valence-electron chi connectivity index (χ2n) is 5.47. The van der Waals surface area contributed by atoms with Crippen molar-refractivity contribution in [2.24, 2.45) is 0 Å². The van der Waals surface area contributed by atoms with E-state index in [1.165, 1.54) is 51.4 Å². The highest BCUT2D eigenvalue weighted by Gasteiger charge is 2.06. The molecule has 0 rings (SSSR count). The van der Waals surface area contributed by atoms with Crippen LogP contribution < -0.4 is 0 Å². The van der Waals surface area contributed by atoms with Crippen molar-refractivity contribution < 1.29 is 9.90 Å². The summed E-state index contributed by atoms with van der Waals surface area (Å²) in [6.07, 6.45) is 13.5. The number of nitrogens with zero attached hydrogens (tertiary/aromatic N) is 1. The van der Waals surface area contributed by atoms with Gasteiger partial charge in [-0.05, 0) is 6.42 Å². The monoisotopic (exact) mass is 271 g/mol. The zero-order valence-electron chi connectivity index (χ0n) is 13.0. The third kappa shape index (κ3) is 12.2. The Morgan fingerprint density at radius 1 is 0.895 bits per heavy atom. The van der Waals surface area contributed by atoms with Crippen molar-refractivity contribution in [2.75, 3.05) is 20.2 Å². The number of unbranched alkanes of at least 4 members (excludes halogenated alkanes) is 9. The van der Waals surface area contributed by atoms with Crippen LogP contribution >= 0.6 is 0 Å². The summed E-state index contributed by atoms with van der Waals surface area (Å²) in [5.74, 6) is 0.161. The minimum atomic E-state index is 0.0558. The van der Waals surface area contributed by atoms with Crippen LogP contribution in [0.15, 0.2) is 0 Å². The van der Waals surface area contributed by atoms with E-state index in [4.69, 9.17) is 5.11 Å². The Morgan fingerprint density at radius 3 is 1.84 bits per heavy atom. The molecular formula is C16H33NO2. The predicted molar refractivity (Wildman–Crippen MR) is 81.2 cm³/mol. The number of likely N-dealkylation sites (N-methyl/N-ethyl adjacent to an activating group) is 1. The third-order valence-corrected chi connectivity index (χ3v) is 3.61. The normalized spacial score (nSPS) is 10.7. The van der Waals surface area contributed by atoms with Crippen LogP contribution in [0.4, 0.5) is 0 Å². The van der Waals surface area contributed by atoms with Crippen molar-refractivity contribution in [3.63, 3.8) is 0 Å². The van der Waals surface area contributed by atoms with Gasteiger partial charge in [0.25, 0.3) is 0 Å². The minimum Gasteiger partial charge on any atom is -0.395 e. The van der Waals surface area contributed by atoms with Crippen LogP contribution in [0.2, 0.25) is 0 Å². The highest BCUT2D eigenvalue weighted by molar-refractivity contribution is 5.75. The van der Waals surface area contributed by atoms with Crippen LogP contribution in [0.1, 0.15) is 77.6 Å². The zero-order chi connectivity index (χ0) is 14.3. The molecule has 0 radical (unpaired) electrons. The lowest BCUT2D eigenvalue weighted by Gasteiger charge is -2.15. The highest BCUT2D eigenvalue weighted by Crippen LogP contribution is 2.11. The quantitative estimate of drug-likeness (QED) is 0.518. The number of carbonyl (C=O) groups excluding carboxylic acids is 1. The van der Waals surface area contributed by atoms with E-state index in [2.05, 4.69) is 6.92 Å². The van der Waals surface area contributed by atoms with Gasteiger partial charge in [-0.3, -0.25) is 4.79 Å². The van der Waals surface area contributed by atoms with E-state index in [9.17, 15) is 4.79 Å². The standard InChI is InChI=1S/C16H33NO2/c1-3-4-5-6-7-8-9-10-11-12-13-16(19)17(2)14-15-18/h18H,3-15H2,1-2H3. The summed E-state index contributed by atoms with van der Waals surface area (Å²) in [7, 11) is 1.76. The number of hydrogen-bond donors (Lipinski definition) is 1. The lowest BCUT2D eigenvalue weighted by molar-refractivity contribution is -0.130. The van der Waals surface area contributed by atoms with Crippen LogP contribution in [0.3, 0.4) is 0 Å². The van der Waals surface area contributed by atoms with Crippen molar-refractivity contribution in [2.45, 2.75) is 77.6 Å². The minimum absolute atomic E-state index is 0.0558. The SMILES string of the molecule is CCCCCCCCCCCCC(=O)N(C)CCO.